The third-order valence-corrected chi connectivity index (χ3v) is 4.16. The Kier molecular flexibility index (Phi) is 9.75. The number of carbonyl (C=O) groups is 5. The van der Waals surface area contributed by atoms with Gasteiger partial charge in [0.1, 0.15) is 0 Å². The molecule has 0 aliphatic heterocycles. The zero-order valence-corrected chi connectivity index (χ0v) is 19.2. The molecule has 0 unspecified atom stereocenters. The van der Waals surface area contributed by atoms with Crippen molar-refractivity contribution in [3.05, 3.63) is 54.1 Å². The number of amides is 3. The molecule has 10 heteroatoms. The first-order chi connectivity index (χ1) is 16.1. The third-order valence-electron chi connectivity index (χ3n) is 4.16. The molecule has 10 nitrogen and oxygen atoms in total. The molecule has 34 heavy (non-hydrogen) atoms. The lowest BCUT2D eigenvalue weighted by molar-refractivity contribution is -0.147. The molecule has 0 saturated heterocycles. The van der Waals surface area contributed by atoms with Gasteiger partial charge in [-0.25, -0.2) is 4.79 Å². The fourth-order valence-electron chi connectivity index (χ4n) is 2.67. The highest BCUT2D eigenvalue weighted by Gasteiger charge is 2.12. The van der Waals surface area contributed by atoms with Crippen LogP contribution in [0, 0.1) is 0 Å². The number of rotatable bonds is 10. The van der Waals surface area contributed by atoms with Crippen molar-refractivity contribution in [2.24, 2.45) is 0 Å². The molecule has 180 valence electrons. The molecule has 0 aliphatic carbocycles. The fraction of sp³-hybridized carbons (Fsp3) is 0.292. The Morgan fingerprint density at radius 1 is 0.735 bits per heavy atom. The van der Waals surface area contributed by atoms with Gasteiger partial charge in [0.25, 0.3) is 5.91 Å². The Bertz CT molecular complexity index is 1030. The van der Waals surface area contributed by atoms with Crippen LogP contribution in [0.15, 0.2) is 48.5 Å². The van der Waals surface area contributed by atoms with Crippen LogP contribution in [-0.4, -0.2) is 42.4 Å². The molecule has 3 N–H and O–H groups in total. The molecule has 2 aromatic rings. The van der Waals surface area contributed by atoms with Crippen molar-refractivity contribution in [3.63, 3.8) is 0 Å². The van der Waals surface area contributed by atoms with Crippen LogP contribution in [-0.2, 0) is 28.7 Å². The maximum Gasteiger partial charge on any atom is 0.338 e. The molecular formula is C24H27N3O7. The molecule has 0 radical (unpaired) electrons. The third kappa shape index (κ3) is 9.51. The lowest BCUT2D eigenvalue weighted by Gasteiger charge is -2.09. The van der Waals surface area contributed by atoms with Gasteiger partial charge in [-0.15, -0.1) is 0 Å². The lowest BCUT2D eigenvalue weighted by atomic mass is 10.2. The molecule has 0 spiro atoms. The molecule has 0 fully saturated rings. The van der Waals surface area contributed by atoms with Gasteiger partial charge in [0.2, 0.25) is 11.8 Å². The smallest absolute Gasteiger partial charge is 0.338 e. The van der Waals surface area contributed by atoms with E-state index in [9.17, 15) is 24.0 Å². The number of benzene rings is 2. The van der Waals surface area contributed by atoms with E-state index >= 15 is 0 Å². The van der Waals surface area contributed by atoms with Crippen LogP contribution in [0.25, 0.3) is 0 Å². The lowest BCUT2D eigenvalue weighted by Crippen LogP contribution is -2.21. The first-order valence-electron chi connectivity index (χ1n) is 10.6. The van der Waals surface area contributed by atoms with Gasteiger partial charge in [-0.3, -0.25) is 19.2 Å². The number of ether oxygens (including phenoxy) is 2. The van der Waals surface area contributed by atoms with Gasteiger partial charge in [-0.2, -0.15) is 0 Å². The largest absolute Gasteiger partial charge is 0.459 e. The van der Waals surface area contributed by atoms with Gasteiger partial charge >= 0.3 is 11.9 Å². The summed E-state index contributed by atoms with van der Waals surface area (Å²) in [6.07, 6.45) is -0.577. The molecule has 0 atom stereocenters. The zero-order chi connectivity index (χ0) is 25.1. The molecule has 0 aliphatic rings. The van der Waals surface area contributed by atoms with Crippen LogP contribution in [0.4, 0.5) is 17.1 Å². The van der Waals surface area contributed by atoms with Gasteiger partial charge in [-0.1, -0.05) is 0 Å². The number of esters is 2. The summed E-state index contributed by atoms with van der Waals surface area (Å²) in [5.41, 5.74) is 1.87. The average Bonchev–Trinajstić information content (AvgIpc) is 2.77. The SMILES string of the molecule is CC(=O)Nc1ccc(NC(=O)COC(=O)CCC(=O)Nc2ccc(C(=O)OC(C)C)cc2)cc1. The number of anilines is 3. The highest BCUT2D eigenvalue weighted by atomic mass is 16.5. The zero-order valence-electron chi connectivity index (χ0n) is 19.2. The minimum Gasteiger partial charge on any atom is -0.459 e. The highest BCUT2D eigenvalue weighted by molar-refractivity contribution is 5.95. The molecule has 0 aromatic heterocycles. The Morgan fingerprint density at radius 3 is 1.76 bits per heavy atom. The maximum absolute atomic E-state index is 12.0. The fourth-order valence-corrected chi connectivity index (χ4v) is 2.67. The second kappa shape index (κ2) is 12.7. The summed E-state index contributed by atoms with van der Waals surface area (Å²) in [7, 11) is 0. The van der Waals surface area contributed by atoms with Gasteiger partial charge in [-0.05, 0) is 62.4 Å². The Labute approximate surface area is 197 Å². The van der Waals surface area contributed by atoms with E-state index in [4.69, 9.17) is 9.47 Å². The molecular weight excluding hydrogens is 442 g/mol. The van der Waals surface area contributed by atoms with Crippen molar-refractivity contribution in [3.8, 4) is 0 Å². The highest BCUT2D eigenvalue weighted by Crippen LogP contribution is 2.14. The van der Waals surface area contributed by atoms with Crippen molar-refractivity contribution in [1.29, 1.82) is 0 Å². The number of carbonyl (C=O) groups excluding carboxylic acids is 5. The topological polar surface area (TPSA) is 140 Å². The molecule has 2 aromatic carbocycles. The van der Waals surface area contributed by atoms with Crippen LogP contribution in [0.3, 0.4) is 0 Å². The van der Waals surface area contributed by atoms with Crippen LogP contribution in [0.2, 0.25) is 0 Å². The second-order valence-electron chi connectivity index (χ2n) is 7.55. The molecule has 0 heterocycles. The van der Waals surface area contributed by atoms with Crippen LogP contribution >= 0.6 is 0 Å². The van der Waals surface area contributed by atoms with E-state index in [2.05, 4.69) is 16.0 Å². The maximum atomic E-state index is 12.0. The molecule has 0 bridgehead atoms. The normalized spacial score (nSPS) is 10.2. The predicted octanol–water partition coefficient (Wildman–Crippen LogP) is 3.11. The van der Waals surface area contributed by atoms with Gasteiger partial charge in [0.05, 0.1) is 18.1 Å². The summed E-state index contributed by atoms with van der Waals surface area (Å²) in [6, 6.07) is 12.6. The Morgan fingerprint density at radius 2 is 1.24 bits per heavy atom. The van der Waals surface area contributed by atoms with Crippen LogP contribution < -0.4 is 16.0 Å². The van der Waals surface area contributed by atoms with Crippen molar-refractivity contribution in [2.75, 3.05) is 22.6 Å². The molecule has 0 saturated carbocycles. The average molecular weight is 469 g/mol. The van der Waals surface area contributed by atoms with E-state index in [0.717, 1.165) is 0 Å². The summed E-state index contributed by atoms with van der Waals surface area (Å²) in [5.74, 6) is -2.32. The minimum atomic E-state index is -0.696. The van der Waals surface area contributed by atoms with Crippen LogP contribution in [0.1, 0.15) is 44.0 Å². The van der Waals surface area contributed by atoms with E-state index in [-0.39, 0.29) is 24.9 Å². The van der Waals surface area contributed by atoms with E-state index in [1.165, 1.54) is 19.1 Å². The number of hydrogen-bond acceptors (Lipinski definition) is 7. The van der Waals surface area contributed by atoms with Crippen molar-refractivity contribution in [2.45, 2.75) is 39.7 Å². The van der Waals surface area contributed by atoms with Crippen molar-refractivity contribution in [1.82, 2.24) is 0 Å². The van der Waals surface area contributed by atoms with E-state index in [0.29, 0.717) is 22.6 Å². The van der Waals surface area contributed by atoms with Crippen molar-refractivity contribution >= 4 is 46.7 Å². The number of nitrogens with one attached hydrogen (secondary N) is 3. The Balaban J connectivity index is 1.69. The first kappa shape index (κ1) is 26.0. The summed E-state index contributed by atoms with van der Waals surface area (Å²) in [4.78, 5) is 58.6. The minimum absolute atomic E-state index is 0.137. The Hall–Kier alpha value is -4.21. The summed E-state index contributed by atoms with van der Waals surface area (Å²) in [6.45, 7) is 4.39. The molecule has 2 rings (SSSR count). The van der Waals surface area contributed by atoms with Crippen molar-refractivity contribution < 1.29 is 33.4 Å². The monoisotopic (exact) mass is 469 g/mol. The molecule has 3 amide bonds. The second-order valence-corrected chi connectivity index (χ2v) is 7.55. The van der Waals surface area contributed by atoms with E-state index < -0.39 is 30.4 Å². The van der Waals surface area contributed by atoms with Gasteiger partial charge in [0, 0.05) is 30.4 Å². The predicted molar refractivity (Wildman–Crippen MR) is 125 cm³/mol. The van der Waals surface area contributed by atoms with E-state index in [1.807, 2.05) is 0 Å². The summed E-state index contributed by atoms with van der Waals surface area (Å²) in [5, 5.41) is 7.78. The van der Waals surface area contributed by atoms with Crippen LogP contribution in [0.5, 0.6) is 0 Å². The summed E-state index contributed by atoms with van der Waals surface area (Å²) < 4.78 is 9.98. The van der Waals surface area contributed by atoms with E-state index in [1.54, 1.807) is 50.2 Å². The van der Waals surface area contributed by atoms with Gasteiger partial charge in [0.15, 0.2) is 6.61 Å². The summed E-state index contributed by atoms with van der Waals surface area (Å²) >= 11 is 0. The first-order valence-corrected chi connectivity index (χ1v) is 10.6. The van der Waals surface area contributed by atoms with Gasteiger partial charge < -0.3 is 25.4 Å². The number of hydrogen-bond donors (Lipinski definition) is 3. The standard InChI is InChI=1S/C24H27N3O7/c1-15(2)34-24(32)17-4-6-19(7-5-17)26-21(29)12-13-23(31)33-14-22(30)27-20-10-8-18(9-11-20)25-16(3)28/h4-11,15H,12-14H2,1-3H3,(H,25,28)(H,26,29)(H,27,30). The quantitative estimate of drug-likeness (QED) is 0.454.